The Kier molecular flexibility index (Phi) is 9.35. The average molecular weight is 509 g/mol. The van der Waals surface area contributed by atoms with Gasteiger partial charge in [-0.3, -0.25) is 4.79 Å². The molecule has 0 bridgehead atoms. The van der Waals surface area contributed by atoms with Crippen molar-refractivity contribution in [1.82, 2.24) is 5.32 Å². The summed E-state index contributed by atoms with van der Waals surface area (Å²) < 4.78 is 11.0. The van der Waals surface area contributed by atoms with Gasteiger partial charge < -0.3 is 24.7 Å². The molecule has 8 nitrogen and oxygen atoms in total. The van der Waals surface area contributed by atoms with E-state index in [4.69, 9.17) is 14.3 Å². The number of benzene rings is 3. The molecule has 1 atom stereocenters. The zero-order valence-electron chi connectivity index (χ0n) is 20.5. The molecule has 0 saturated carbocycles. The van der Waals surface area contributed by atoms with Crippen molar-refractivity contribution in [2.45, 2.75) is 17.4 Å². The molecule has 0 aromatic heterocycles. The van der Waals surface area contributed by atoms with Crippen LogP contribution in [0.2, 0.25) is 0 Å². The number of amides is 1. The van der Waals surface area contributed by atoms with E-state index in [1.54, 1.807) is 38.1 Å². The molecule has 2 N–H and O–H groups in total. The van der Waals surface area contributed by atoms with E-state index in [0.717, 1.165) is 21.6 Å². The summed E-state index contributed by atoms with van der Waals surface area (Å²) in [6.45, 7) is 0. The summed E-state index contributed by atoms with van der Waals surface area (Å²) in [4.78, 5) is 30.8. The summed E-state index contributed by atoms with van der Waals surface area (Å²) in [6.07, 6.45) is 2.03. The summed E-state index contributed by atoms with van der Waals surface area (Å²) in [5.74, 6) is -0.480. The maximum Gasteiger partial charge on any atom is 0.326 e. The third kappa shape index (κ3) is 6.37. The third-order valence-electron chi connectivity index (χ3n) is 5.47. The minimum absolute atomic E-state index is 0.00461. The van der Waals surface area contributed by atoms with Crippen LogP contribution in [0.5, 0.6) is 11.5 Å². The number of carbonyl (C=O) groups is 2. The van der Waals surface area contributed by atoms with E-state index >= 15 is 0 Å². The van der Waals surface area contributed by atoms with Crippen molar-refractivity contribution in [2.75, 3.05) is 27.6 Å². The smallest absolute Gasteiger partial charge is 0.326 e. The first-order valence-corrected chi connectivity index (χ1v) is 12.2. The molecule has 0 spiro atoms. The Morgan fingerprint density at radius 3 is 2.06 bits per heavy atom. The number of ether oxygens (including phenoxy) is 2. The summed E-state index contributed by atoms with van der Waals surface area (Å²) >= 11 is 1.57. The van der Waals surface area contributed by atoms with Crippen LogP contribution in [-0.2, 0) is 20.8 Å². The van der Waals surface area contributed by atoms with E-state index in [2.05, 4.69) is 10.5 Å². The number of rotatable bonds is 11. The van der Waals surface area contributed by atoms with Gasteiger partial charge in [0.1, 0.15) is 24.7 Å². The fraction of sp³-hybridized carbons (Fsp3) is 0.222. The Morgan fingerprint density at radius 1 is 0.944 bits per heavy atom. The number of carbonyl (C=O) groups excluding carboxylic acids is 1. The van der Waals surface area contributed by atoms with Gasteiger partial charge in [0.25, 0.3) is 5.91 Å². The quantitative estimate of drug-likeness (QED) is 0.226. The van der Waals surface area contributed by atoms with Crippen LogP contribution < -0.4 is 14.8 Å². The van der Waals surface area contributed by atoms with Crippen molar-refractivity contribution in [3.05, 3.63) is 77.9 Å². The highest BCUT2D eigenvalue weighted by Crippen LogP contribution is 2.38. The number of thioether (sulfide) groups is 1. The Bertz CT molecular complexity index is 1200. The van der Waals surface area contributed by atoms with Crippen LogP contribution >= 0.6 is 11.8 Å². The molecule has 0 radical (unpaired) electrons. The number of hydrogen-bond acceptors (Lipinski definition) is 7. The summed E-state index contributed by atoms with van der Waals surface area (Å²) in [5.41, 5.74) is 2.90. The molecule has 0 fully saturated rings. The molecule has 1 amide bonds. The first-order valence-electron chi connectivity index (χ1n) is 11.0. The second-order valence-electron chi connectivity index (χ2n) is 7.65. The van der Waals surface area contributed by atoms with Crippen LogP contribution in [0.1, 0.15) is 11.1 Å². The maximum atomic E-state index is 13.0. The maximum absolute atomic E-state index is 13.0. The Labute approximate surface area is 214 Å². The third-order valence-corrected chi connectivity index (χ3v) is 6.22. The lowest BCUT2D eigenvalue weighted by Crippen LogP contribution is -2.45. The monoisotopic (exact) mass is 508 g/mol. The van der Waals surface area contributed by atoms with E-state index in [1.165, 1.54) is 7.11 Å². The number of carboxylic acids is 1. The van der Waals surface area contributed by atoms with Crippen molar-refractivity contribution in [3.63, 3.8) is 0 Å². The fourth-order valence-electron chi connectivity index (χ4n) is 3.67. The Balaban J connectivity index is 1.79. The van der Waals surface area contributed by atoms with Crippen LogP contribution in [0.3, 0.4) is 0 Å². The van der Waals surface area contributed by atoms with Gasteiger partial charge in [-0.25, -0.2) is 4.79 Å². The van der Waals surface area contributed by atoms with Crippen LogP contribution in [0, 0.1) is 0 Å². The predicted molar refractivity (Wildman–Crippen MR) is 140 cm³/mol. The van der Waals surface area contributed by atoms with Crippen molar-refractivity contribution < 1.29 is 29.0 Å². The van der Waals surface area contributed by atoms with E-state index in [-0.39, 0.29) is 12.1 Å². The number of nitrogens with zero attached hydrogens (tertiary/aromatic N) is 1. The lowest BCUT2D eigenvalue weighted by molar-refractivity contribution is -0.141. The first kappa shape index (κ1) is 26.6. The van der Waals surface area contributed by atoms with Crippen LogP contribution in [0.15, 0.2) is 76.8 Å². The molecule has 9 heteroatoms. The number of nitrogens with one attached hydrogen (secondary N) is 1. The normalized spacial score (nSPS) is 11.9. The van der Waals surface area contributed by atoms with Gasteiger partial charge in [0.15, 0.2) is 5.71 Å². The van der Waals surface area contributed by atoms with E-state index < -0.39 is 17.9 Å². The molecule has 3 rings (SSSR count). The number of carboxylic acid groups (broad SMARTS) is 1. The van der Waals surface area contributed by atoms with Gasteiger partial charge in [0, 0.05) is 16.9 Å². The molecule has 0 aliphatic heterocycles. The number of methoxy groups -OCH3 is 2. The topological polar surface area (TPSA) is 106 Å². The predicted octanol–water partition coefficient (Wildman–Crippen LogP) is 4.26. The highest BCUT2D eigenvalue weighted by Gasteiger charge is 2.25. The molecular formula is C27H28N2O6S. The second kappa shape index (κ2) is 12.6. The lowest BCUT2D eigenvalue weighted by Gasteiger charge is -2.16. The largest absolute Gasteiger partial charge is 0.496 e. The van der Waals surface area contributed by atoms with Crippen molar-refractivity contribution in [1.29, 1.82) is 0 Å². The summed E-state index contributed by atoms with van der Waals surface area (Å²) in [6, 6.07) is 18.9. The molecule has 0 saturated heterocycles. The van der Waals surface area contributed by atoms with Gasteiger partial charge >= 0.3 is 5.97 Å². The summed E-state index contributed by atoms with van der Waals surface area (Å²) in [5, 5.41) is 16.2. The van der Waals surface area contributed by atoms with Crippen molar-refractivity contribution in [2.24, 2.45) is 5.16 Å². The van der Waals surface area contributed by atoms with Crippen LogP contribution in [0.4, 0.5) is 0 Å². The van der Waals surface area contributed by atoms with Crippen molar-refractivity contribution in [3.8, 4) is 22.6 Å². The minimum Gasteiger partial charge on any atom is -0.496 e. The van der Waals surface area contributed by atoms with Gasteiger partial charge in [-0.05, 0) is 41.6 Å². The van der Waals surface area contributed by atoms with E-state index in [1.807, 2.05) is 60.9 Å². The zero-order valence-corrected chi connectivity index (χ0v) is 21.3. The SMILES string of the molecule is CO/N=C(/C(=O)N[C@@H](Cc1ccc(-c2c(OC)cccc2OC)cc1)C(=O)O)c1ccc(SC)cc1. The number of oxime groups is 1. The minimum atomic E-state index is -1.17. The molecule has 188 valence electrons. The first-order chi connectivity index (χ1) is 17.4. The Hall–Kier alpha value is -3.98. The second-order valence-corrected chi connectivity index (χ2v) is 8.53. The van der Waals surface area contributed by atoms with Gasteiger partial charge in [-0.2, -0.15) is 0 Å². The van der Waals surface area contributed by atoms with Crippen molar-refractivity contribution >= 4 is 29.4 Å². The summed E-state index contributed by atoms with van der Waals surface area (Å²) in [7, 11) is 4.51. The number of hydrogen-bond donors (Lipinski definition) is 2. The van der Waals surface area contributed by atoms with E-state index in [0.29, 0.717) is 17.1 Å². The lowest BCUT2D eigenvalue weighted by atomic mass is 9.99. The van der Waals surface area contributed by atoms with Gasteiger partial charge in [0.2, 0.25) is 0 Å². The highest BCUT2D eigenvalue weighted by atomic mass is 32.2. The standard InChI is InChI=1S/C27H28N2O6S/c1-33-22-6-5-7-23(34-2)24(22)18-10-8-17(9-11-18)16-21(27(31)32)28-26(30)25(29-35-3)19-12-14-20(36-4)15-13-19/h5-15,21H,16H2,1-4H3,(H,28,30)(H,31,32)/b29-25+/t21-/m0/s1. The molecule has 0 unspecified atom stereocenters. The molecular weight excluding hydrogens is 480 g/mol. The molecule has 0 heterocycles. The van der Waals surface area contributed by atoms with Crippen LogP contribution in [0.25, 0.3) is 11.1 Å². The molecule has 0 aliphatic rings. The molecule has 36 heavy (non-hydrogen) atoms. The molecule has 3 aromatic carbocycles. The average Bonchev–Trinajstić information content (AvgIpc) is 2.91. The van der Waals surface area contributed by atoms with Gasteiger partial charge in [-0.15, -0.1) is 11.8 Å². The van der Waals surface area contributed by atoms with Gasteiger partial charge in [0.05, 0.1) is 19.8 Å². The Morgan fingerprint density at radius 2 is 1.56 bits per heavy atom. The molecule has 0 aliphatic carbocycles. The van der Waals surface area contributed by atoms with Gasteiger partial charge in [-0.1, -0.05) is 47.6 Å². The fourth-order valence-corrected chi connectivity index (χ4v) is 4.08. The highest BCUT2D eigenvalue weighted by molar-refractivity contribution is 7.98. The van der Waals surface area contributed by atoms with Crippen LogP contribution in [-0.4, -0.2) is 56.3 Å². The molecule has 3 aromatic rings. The van der Waals surface area contributed by atoms with E-state index in [9.17, 15) is 14.7 Å². The number of aliphatic carboxylic acids is 1. The zero-order chi connectivity index (χ0) is 26.1.